The van der Waals surface area contributed by atoms with E-state index in [4.69, 9.17) is 4.74 Å². The monoisotopic (exact) mass is 288 g/mol. The normalized spacial score (nSPS) is 25.9. The Morgan fingerprint density at radius 3 is 2.81 bits per heavy atom. The van der Waals surface area contributed by atoms with Crippen LogP contribution in [-0.2, 0) is 4.74 Å². The summed E-state index contributed by atoms with van der Waals surface area (Å²) in [6, 6.07) is 7.71. The number of carbonyl (C=O) groups excluding carboxylic acids is 1. The summed E-state index contributed by atoms with van der Waals surface area (Å²) in [6.07, 6.45) is 3.88. The predicted octanol–water partition coefficient (Wildman–Crippen LogP) is 2.82. The summed E-state index contributed by atoms with van der Waals surface area (Å²) in [6.45, 7) is 5.40. The maximum Gasteiger partial charge on any atom is 0.338 e. The van der Waals surface area contributed by atoms with Crippen molar-refractivity contribution in [3.8, 4) is 0 Å². The standard InChI is InChI=1S/C17H24N2O2/c1-11-9-13(10-19(11)14-7-8-14)18-16-6-4-5-15(12(16)2)17(20)21-3/h4-6,11,13-14,18H,7-10H2,1-3H3. The second-order valence-corrected chi connectivity index (χ2v) is 6.32. The van der Waals surface area contributed by atoms with Gasteiger partial charge in [-0.1, -0.05) is 6.07 Å². The van der Waals surface area contributed by atoms with Crippen LogP contribution in [0.3, 0.4) is 0 Å². The maximum absolute atomic E-state index is 11.8. The number of benzene rings is 1. The van der Waals surface area contributed by atoms with Crippen molar-refractivity contribution in [2.45, 2.75) is 51.2 Å². The number of anilines is 1. The summed E-state index contributed by atoms with van der Waals surface area (Å²) in [5.41, 5.74) is 2.67. The molecule has 0 aromatic heterocycles. The topological polar surface area (TPSA) is 41.6 Å². The highest BCUT2D eigenvalue weighted by Crippen LogP contribution is 2.34. The van der Waals surface area contributed by atoms with E-state index in [1.165, 1.54) is 26.4 Å². The lowest BCUT2D eigenvalue weighted by Crippen LogP contribution is -2.31. The smallest absolute Gasteiger partial charge is 0.338 e. The van der Waals surface area contributed by atoms with Crippen LogP contribution in [-0.4, -0.2) is 42.6 Å². The summed E-state index contributed by atoms with van der Waals surface area (Å²) in [5.74, 6) is -0.268. The molecule has 1 aliphatic carbocycles. The molecule has 2 fully saturated rings. The first-order chi connectivity index (χ1) is 10.1. The van der Waals surface area contributed by atoms with E-state index in [1.807, 2.05) is 25.1 Å². The fraction of sp³-hybridized carbons (Fsp3) is 0.588. The Kier molecular flexibility index (Phi) is 3.89. The summed E-state index contributed by atoms with van der Waals surface area (Å²) in [5, 5.41) is 3.62. The minimum atomic E-state index is -0.268. The predicted molar refractivity (Wildman–Crippen MR) is 83.7 cm³/mol. The molecule has 0 bridgehead atoms. The van der Waals surface area contributed by atoms with Gasteiger partial charge in [-0.3, -0.25) is 4.90 Å². The van der Waals surface area contributed by atoms with Crippen LogP contribution in [0.2, 0.25) is 0 Å². The molecule has 2 atom stereocenters. The van der Waals surface area contributed by atoms with Crippen LogP contribution in [0.4, 0.5) is 5.69 Å². The zero-order valence-corrected chi connectivity index (χ0v) is 13.1. The molecule has 4 nitrogen and oxygen atoms in total. The number of esters is 1. The van der Waals surface area contributed by atoms with Crippen molar-refractivity contribution < 1.29 is 9.53 Å². The molecule has 0 spiro atoms. The molecule has 0 amide bonds. The average Bonchev–Trinajstić information content (AvgIpc) is 3.25. The van der Waals surface area contributed by atoms with E-state index in [0.29, 0.717) is 17.6 Å². The van der Waals surface area contributed by atoms with Crippen molar-refractivity contribution in [3.05, 3.63) is 29.3 Å². The van der Waals surface area contributed by atoms with Gasteiger partial charge in [-0.05, 0) is 50.8 Å². The van der Waals surface area contributed by atoms with E-state index >= 15 is 0 Å². The van der Waals surface area contributed by atoms with Crippen LogP contribution < -0.4 is 5.32 Å². The van der Waals surface area contributed by atoms with Crippen molar-refractivity contribution in [3.63, 3.8) is 0 Å². The van der Waals surface area contributed by atoms with E-state index in [1.54, 1.807) is 0 Å². The zero-order chi connectivity index (χ0) is 15.0. The quantitative estimate of drug-likeness (QED) is 0.865. The molecule has 114 valence electrons. The van der Waals surface area contributed by atoms with E-state index < -0.39 is 0 Å². The summed E-state index contributed by atoms with van der Waals surface area (Å²) in [4.78, 5) is 14.4. The number of nitrogens with zero attached hydrogens (tertiary/aromatic N) is 1. The van der Waals surface area contributed by atoms with Gasteiger partial charge in [-0.25, -0.2) is 4.79 Å². The van der Waals surface area contributed by atoms with Gasteiger partial charge in [-0.15, -0.1) is 0 Å². The third kappa shape index (κ3) is 2.91. The van der Waals surface area contributed by atoms with E-state index in [-0.39, 0.29) is 5.97 Å². The van der Waals surface area contributed by atoms with Crippen molar-refractivity contribution in [2.75, 3.05) is 19.0 Å². The van der Waals surface area contributed by atoms with Gasteiger partial charge in [-0.2, -0.15) is 0 Å². The van der Waals surface area contributed by atoms with Gasteiger partial charge in [0.1, 0.15) is 0 Å². The largest absolute Gasteiger partial charge is 0.465 e. The minimum absolute atomic E-state index is 0.268. The number of hydrogen-bond donors (Lipinski definition) is 1. The zero-order valence-electron chi connectivity index (χ0n) is 13.1. The van der Waals surface area contributed by atoms with Crippen LogP contribution in [0.1, 0.15) is 42.1 Å². The Balaban J connectivity index is 1.72. The molecule has 1 aromatic carbocycles. The molecule has 1 saturated heterocycles. The highest BCUT2D eigenvalue weighted by molar-refractivity contribution is 5.92. The number of likely N-dealkylation sites (tertiary alicyclic amines) is 1. The Morgan fingerprint density at radius 1 is 1.38 bits per heavy atom. The number of nitrogens with one attached hydrogen (secondary N) is 1. The molecule has 2 unspecified atom stereocenters. The van der Waals surface area contributed by atoms with Crippen molar-refractivity contribution >= 4 is 11.7 Å². The molecule has 2 aliphatic rings. The van der Waals surface area contributed by atoms with Crippen LogP contribution in [0.25, 0.3) is 0 Å². The number of carbonyl (C=O) groups is 1. The summed E-state index contributed by atoms with van der Waals surface area (Å²) < 4.78 is 4.84. The molecule has 3 rings (SSSR count). The molecule has 1 saturated carbocycles. The third-order valence-electron chi connectivity index (χ3n) is 4.74. The minimum Gasteiger partial charge on any atom is -0.465 e. The van der Waals surface area contributed by atoms with Gasteiger partial charge < -0.3 is 10.1 Å². The van der Waals surface area contributed by atoms with Gasteiger partial charge in [0.15, 0.2) is 0 Å². The SMILES string of the molecule is COC(=O)c1cccc(NC2CC(C)N(C3CC3)C2)c1C. The molecule has 1 aromatic rings. The molecule has 0 radical (unpaired) electrons. The van der Waals surface area contributed by atoms with Crippen molar-refractivity contribution in [1.82, 2.24) is 4.90 Å². The van der Waals surface area contributed by atoms with Gasteiger partial charge in [0.25, 0.3) is 0 Å². The molecule has 4 heteroatoms. The van der Waals surface area contributed by atoms with Gasteiger partial charge in [0.05, 0.1) is 12.7 Å². The first kappa shape index (κ1) is 14.4. The molecule has 1 N–H and O–H groups in total. The van der Waals surface area contributed by atoms with Crippen LogP contribution >= 0.6 is 0 Å². The Labute approximate surface area is 126 Å². The second kappa shape index (κ2) is 5.68. The van der Waals surface area contributed by atoms with Crippen LogP contribution in [0, 0.1) is 6.92 Å². The molecular formula is C17H24N2O2. The van der Waals surface area contributed by atoms with Crippen LogP contribution in [0.5, 0.6) is 0 Å². The molecule has 21 heavy (non-hydrogen) atoms. The Hall–Kier alpha value is -1.55. The van der Waals surface area contributed by atoms with E-state index in [0.717, 1.165) is 23.8 Å². The Bertz CT molecular complexity index is 540. The van der Waals surface area contributed by atoms with Crippen molar-refractivity contribution in [1.29, 1.82) is 0 Å². The first-order valence-corrected chi connectivity index (χ1v) is 7.80. The second-order valence-electron chi connectivity index (χ2n) is 6.32. The lowest BCUT2D eigenvalue weighted by Gasteiger charge is -2.20. The number of rotatable bonds is 4. The molecule has 1 aliphatic heterocycles. The highest BCUT2D eigenvalue weighted by Gasteiger charge is 2.38. The van der Waals surface area contributed by atoms with Gasteiger partial charge >= 0.3 is 5.97 Å². The molecular weight excluding hydrogens is 264 g/mol. The lowest BCUT2D eigenvalue weighted by atomic mass is 10.1. The van der Waals surface area contributed by atoms with Gasteiger partial charge in [0, 0.05) is 30.4 Å². The fourth-order valence-corrected chi connectivity index (χ4v) is 3.42. The number of hydrogen-bond acceptors (Lipinski definition) is 4. The molecule has 1 heterocycles. The summed E-state index contributed by atoms with van der Waals surface area (Å²) in [7, 11) is 1.42. The van der Waals surface area contributed by atoms with Crippen molar-refractivity contribution in [2.24, 2.45) is 0 Å². The van der Waals surface area contributed by atoms with E-state index in [2.05, 4.69) is 17.1 Å². The third-order valence-corrected chi connectivity index (χ3v) is 4.74. The fourth-order valence-electron chi connectivity index (χ4n) is 3.42. The highest BCUT2D eigenvalue weighted by atomic mass is 16.5. The summed E-state index contributed by atoms with van der Waals surface area (Å²) >= 11 is 0. The van der Waals surface area contributed by atoms with E-state index in [9.17, 15) is 4.79 Å². The first-order valence-electron chi connectivity index (χ1n) is 7.80. The Morgan fingerprint density at radius 2 is 2.14 bits per heavy atom. The number of methoxy groups -OCH3 is 1. The van der Waals surface area contributed by atoms with Crippen LogP contribution in [0.15, 0.2) is 18.2 Å². The average molecular weight is 288 g/mol. The van der Waals surface area contributed by atoms with Gasteiger partial charge in [0.2, 0.25) is 0 Å². The lowest BCUT2D eigenvalue weighted by molar-refractivity contribution is 0.0600. The number of ether oxygens (including phenoxy) is 1. The maximum atomic E-state index is 11.8.